The number of nitrogens with zero attached hydrogens (tertiary/aromatic N) is 1. The minimum absolute atomic E-state index is 0.0178. The van der Waals surface area contributed by atoms with Crippen LogP contribution in [0.3, 0.4) is 0 Å². The fourth-order valence-electron chi connectivity index (χ4n) is 2.25. The number of aliphatic carboxylic acids is 1. The SMILES string of the molecule is CCC1C(=O)NC(=O)CN1C(=O)NCC1(C(=O)O)CC1. The van der Waals surface area contributed by atoms with Crippen LogP contribution in [0.1, 0.15) is 26.2 Å². The number of carbonyl (C=O) groups excluding carboxylic acids is 3. The number of nitrogens with one attached hydrogen (secondary N) is 2. The Morgan fingerprint density at radius 2 is 2.10 bits per heavy atom. The molecule has 8 nitrogen and oxygen atoms in total. The number of imide groups is 1. The summed E-state index contributed by atoms with van der Waals surface area (Å²) in [5.74, 6) is -1.97. The Hall–Kier alpha value is -2.12. The zero-order valence-corrected chi connectivity index (χ0v) is 11.1. The maximum absolute atomic E-state index is 12.0. The van der Waals surface area contributed by atoms with Gasteiger partial charge in [0.25, 0.3) is 0 Å². The largest absolute Gasteiger partial charge is 0.481 e. The fourth-order valence-corrected chi connectivity index (χ4v) is 2.25. The molecule has 110 valence electrons. The Balaban J connectivity index is 1.98. The molecule has 1 unspecified atom stereocenters. The molecule has 2 aliphatic rings. The van der Waals surface area contributed by atoms with Crippen LogP contribution in [0.15, 0.2) is 0 Å². The third kappa shape index (κ3) is 2.59. The second-order valence-corrected chi connectivity index (χ2v) is 5.21. The van der Waals surface area contributed by atoms with E-state index in [2.05, 4.69) is 10.6 Å². The summed E-state index contributed by atoms with van der Waals surface area (Å²) in [6.07, 6.45) is 1.44. The van der Waals surface area contributed by atoms with Gasteiger partial charge in [0.1, 0.15) is 12.6 Å². The molecule has 3 N–H and O–H groups in total. The van der Waals surface area contributed by atoms with Crippen molar-refractivity contribution < 1.29 is 24.3 Å². The summed E-state index contributed by atoms with van der Waals surface area (Å²) in [5, 5.41) is 13.7. The molecule has 2 fully saturated rings. The van der Waals surface area contributed by atoms with Crippen LogP contribution in [0.5, 0.6) is 0 Å². The Kier molecular flexibility index (Phi) is 3.65. The summed E-state index contributed by atoms with van der Waals surface area (Å²) in [5.41, 5.74) is -0.876. The number of carboxylic acid groups (broad SMARTS) is 1. The number of hydrogen-bond donors (Lipinski definition) is 3. The average Bonchev–Trinajstić information content (AvgIpc) is 3.16. The Morgan fingerprint density at radius 3 is 2.60 bits per heavy atom. The molecule has 2 rings (SSSR count). The van der Waals surface area contributed by atoms with E-state index in [1.807, 2.05) is 0 Å². The lowest BCUT2D eigenvalue weighted by molar-refractivity contribution is -0.143. The van der Waals surface area contributed by atoms with Crippen LogP contribution in [0, 0.1) is 5.41 Å². The number of rotatable bonds is 4. The van der Waals surface area contributed by atoms with Gasteiger partial charge in [-0.05, 0) is 19.3 Å². The van der Waals surface area contributed by atoms with Gasteiger partial charge >= 0.3 is 12.0 Å². The average molecular weight is 283 g/mol. The van der Waals surface area contributed by atoms with Crippen LogP contribution in [0.2, 0.25) is 0 Å². The summed E-state index contributed by atoms with van der Waals surface area (Å²) in [6.45, 7) is 1.56. The lowest BCUT2D eigenvalue weighted by Crippen LogP contribution is -2.61. The van der Waals surface area contributed by atoms with Crippen LogP contribution in [0.4, 0.5) is 4.79 Å². The minimum Gasteiger partial charge on any atom is -0.481 e. The van der Waals surface area contributed by atoms with Gasteiger partial charge in [0.05, 0.1) is 5.41 Å². The highest BCUT2D eigenvalue weighted by molar-refractivity contribution is 6.04. The second kappa shape index (κ2) is 5.10. The van der Waals surface area contributed by atoms with Gasteiger partial charge < -0.3 is 15.3 Å². The number of piperazine rings is 1. The van der Waals surface area contributed by atoms with Crippen LogP contribution >= 0.6 is 0 Å². The molecule has 1 saturated heterocycles. The normalized spacial score (nSPS) is 24.1. The predicted octanol–water partition coefficient (Wildman–Crippen LogP) is -0.702. The van der Waals surface area contributed by atoms with Gasteiger partial charge in [0, 0.05) is 6.54 Å². The number of amides is 4. The van der Waals surface area contributed by atoms with Crippen LogP contribution in [-0.4, -0.2) is 53.0 Å². The van der Waals surface area contributed by atoms with E-state index >= 15 is 0 Å². The van der Waals surface area contributed by atoms with Gasteiger partial charge in [-0.1, -0.05) is 6.92 Å². The molecule has 0 aromatic heterocycles. The zero-order chi connectivity index (χ0) is 14.9. The van der Waals surface area contributed by atoms with E-state index in [4.69, 9.17) is 5.11 Å². The highest BCUT2D eigenvalue weighted by Crippen LogP contribution is 2.45. The van der Waals surface area contributed by atoms with Gasteiger partial charge in [-0.25, -0.2) is 4.79 Å². The summed E-state index contributed by atoms with van der Waals surface area (Å²) in [7, 11) is 0. The molecule has 0 spiro atoms. The third-order valence-electron chi connectivity index (χ3n) is 3.79. The van der Waals surface area contributed by atoms with E-state index in [1.54, 1.807) is 6.92 Å². The maximum Gasteiger partial charge on any atom is 0.318 e. The van der Waals surface area contributed by atoms with Gasteiger partial charge in [-0.3, -0.25) is 19.7 Å². The first kappa shape index (κ1) is 14.3. The Bertz CT molecular complexity index is 472. The van der Waals surface area contributed by atoms with Crippen molar-refractivity contribution in [2.24, 2.45) is 5.41 Å². The third-order valence-corrected chi connectivity index (χ3v) is 3.79. The van der Waals surface area contributed by atoms with Crippen LogP contribution in [-0.2, 0) is 14.4 Å². The van der Waals surface area contributed by atoms with E-state index in [9.17, 15) is 19.2 Å². The molecule has 0 aromatic carbocycles. The van der Waals surface area contributed by atoms with Gasteiger partial charge in [-0.15, -0.1) is 0 Å². The van der Waals surface area contributed by atoms with E-state index in [0.29, 0.717) is 19.3 Å². The van der Waals surface area contributed by atoms with E-state index in [0.717, 1.165) is 4.90 Å². The van der Waals surface area contributed by atoms with E-state index in [-0.39, 0.29) is 13.1 Å². The van der Waals surface area contributed by atoms with Crippen molar-refractivity contribution >= 4 is 23.8 Å². The molecule has 1 aliphatic heterocycles. The molecular formula is C12H17N3O5. The highest BCUT2D eigenvalue weighted by atomic mass is 16.4. The summed E-state index contributed by atoms with van der Waals surface area (Å²) >= 11 is 0. The Morgan fingerprint density at radius 1 is 1.45 bits per heavy atom. The zero-order valence-electron chi connectivity index (χ0n) is 11.1. The first-order valence-electron chi connectivity index (χ1n) is 6.51. The molecule has 20 heavy (non-hydrogen) atoms. The van der Waals surface area contributed by atoms with Crippen molar-refractivity contribution in [2.75, 3.05) is 13.1 Å². The number of carboxylic acids is 1. The minimum atomic E-state index is -0.933. The lowest BCUT2D eigenvalue weighted by atomic mass is 10.1. The van der Waals surface area contributed by atoms with E-state index < -0.39 is 35.3 Å². The number of carbonyl (C=O) groups is 4. The van der Waals surface area contributed by atoms with Crippen LogP contribution in [0.25, 0.3) is 0 Å². The predicted molar refractivity (Wildman–Crippen MR) is 66.6 cm³/mol. The smallest absolute Gasteiger partial charge is 0.318 e. The topological polar surface area (TPSA) is 116 Å². The van der Waals surface area contributed by atoms with Gasteiger partial charge in [0.2, 0.25) is 11.8 Å². The summed E-state index contributed by atoms with van der Waals surface area (Å²) < 4.78 is 0. The second-order valence-electron chi connectivity index (χ2n) is 5.21. The molecule has 1 aliphatic carbocycles. The van der Waals surface area contributed by atoms with Crippen molar-refractivity contribution in [1.29, 1.82) is 0 Å². The molecule has 1 saturated carbocycles. The summed E-state index contributed by atoms with van der Waals surface area (Å²) in [4.78, 5) is 47.2. The van der Waals surface area contributed by atoms with Crippen molar-refractivity contribution in [3.8, 4) is 0 Å². The maximum atomic E-state index is 12.0. The first-order chi connectivity index (χ1) is 9.39. The van der Waals surface area contributed by atoms with Crippen LogP contribution < -0.4 is 10.6 Å². The van der Waals surface area contributed by atoms with Crippen molar-refractivity contribution in [2.45, 2.75) is 32.2 Å². The molecule has 1 atom stereocenters. The number of hydrogen-bond acceptors (Lipinski definition) is 4. The molecular weight excluding hydrogens is 266 g/mol. The van der Waals surface area contributed by atoms with Crippen molar-refractivity contribution in [3.05, 3.63) is 0 Å². The summed E-state index contributed by atoms with van der Waals surface area (Å²) in [6, 6.07) is -1.28. The molecule has 0 aromatic rings. The quantitative estimate of drug-likeness (QED) is 0.590. The van der Waals surface area contributed by atoms with Crippen molar-refractivity contribution in [1.82, 2.24) is 15.5 Å². The molecule has 0 radical (unpaired) electrons. The van der Waals surface area contributed by atoms with Crippen molar-refractivity contribution in [3.63, 3.8) is 0 Å². The molecule has 4 amide bonds. The Labute approximate surface area is 115 Å². The van der Waals surface area contributed by atoms with E-state index in [1.165, 1.54) is 0 Å². The molecule has 8 heteroatoms. The number of urea groups is 1. The fraction of sp³-hybridized carbons (Fsp3) is 0.667. The van der Waals surface area contributed by atoms with Gasteiger partial charge in [-0.2, -0.15) is 0 Å². The lowest BCUT2D eigenvalue weighted by Gasteiger charge is -2.33. The first-order valence-corrected chi connectivity index (χ1v) is 6.51. The molecule has 0 bridgehead atoms. The monoisotopic (exact) mass is 283 g/mol. The molecule has 1 heterocycles. The highest BCUT2D eigenvalue weighted by Gasteiger charge is 2.50. The van der Waals surface area contributed by atoms with Gasteiger partial charge in [0.15, 0.2) is 0 Å². The standard InChI is InChI=1S/C12H17N3O5/c1-2-7-9(17)14-8(16)5-15(7)11(20)13-6-12(3-4-12)10(18)19/h7H,2-6H2,1H3,(H,13,20)(H,18,19)(H,14,16,17).